The minimum Gasteiger partial charge on any atom is -0.497 e. The second-order valence-electron chi connectivity index (χ2n) is 5.79. The summed E-state index contributed by atoms with van der Waals surface area (Å²) in [5.74, 6) is 0.694. The van der Waals surface area contributed by atoms with E-state index in [1.165, 1.54) is 12.1 Å². The first-order chi connectivity index (χ1) is 12.2. The molecule has 0 spiro atoms. The standard InChI is InChI=1S/C13H17FN2O.C7H8O/c14-12-3-1-11(2-4-12)13(17)5-8-16-9-6-15-7-10-16;1-8-7-5-3-2-4-6-7/h1-4,15H,5-10H2;2-6H,1H3. The number of piperazine rings is 1. The van der Waals surface area contributed by atoms with Gasteiger partial charge in [0.2, 0.25) is 0 Å². The summed E-state index contributed by atoms with van der Waals surface area (Å²) in [6.07, 6.45) is 0.506. The van der Waals surface area contributed by atoms with Crippen LogP contribution in [0.4, 0.5) is 4.39 Å². The topological polar surface area (TPSA) is 41.6 Å². The van der Waals surface area contributed by atoms with Crippen LogP contribution in [0.5, 0.6) is 5.75 Å². The van der Waals surface area contributed by atoms with E-state index in [0.717, 1.165) is 38.5 Å². The summed E-state index contributed by atoms with van der Waals surface area (Å²) in [5.41, 5.74) is 0.599. The van der Waals surface area contributed by atoms with Crippen molar-refractivity contribution in [2.24, 2.45) is 0 Å². The third-order valence-corrected chi connectivity index (χ3v) is 4.01. The molecule has 25 heavy (non-hydrogen) atoms. The minimum atomic E-state index is -0.302. The Balaban J connectivity index is 0.000000236. The smallest absolute Gasteiger partial charge is 0.164 e. The predicted octanol–water partition coefficient (Wildman–Crippen LogP) is 3.00. The second kappa shape index (κ2) is 10.6. The molecule has 5 heteroatoms. The van der Waals surface area contributed by atoms with E-state index in [1.54, 1.807) is 19.2 Å². The summed E-state index contributed by atoms with van der Waals surface area (Å²) in [5, 5.41) is 3.27. The third-order valence-electron chi connectivity index (χ3n) is 4.01. The van der Waals surface area contributed by atoms with Crippen LogP contribution >= 0.6 is 0 Å². The number of nitrogens with one attached hydrogen (secondary N) is 1. The number of carbonyl (C=O) groups is 1. The third kappa shape index (κ3) is 7.03. The fourth-order valence-corrected chi connectivity index (χ4v) is 2.53. The van der Waals surface area contributed by atoms with Crippen LogP contribution in [0.1, 0.15) is 16.8 Å². The van der Waals surface area contributed by atoms with E-state index in [-0.39, 0.29) is 11.6 Å². The van der Waals surface area contributed by atoms with Gasteiger partial charge in [0.15, 0.2) is 5.78 Å². The summed E-state index contributed by atoms with van der Waals surface area (Å²) in [6, 6.07) is 15.4. The highest BCUT2D eigenvalue weighted by Crippen LogP contribution is 2.07. The molecule has 0 saturated carbocycles. The maximum absolute atomic E-state index is 12.7. The summed E-state index contributed by atoms with van der Waals surface area (Å²) in [4.78, 5) is 14.1. The van der Waals surface area contributed by atoms with Crippen molar-refractivity contribution in [3.05, 3.63) is 66.0 Å². The number of para-hydroxylation sites is 1. The van der Waals surface area contributed by atoms with Crippen molar-refractivity contribution in [3.63, 3.8) is 0 Å². The first-order valence-electron chi connectivity index (χ1n) is 8.50. The molecule has 1 aliphatic heterocycles. The van der Waals surface area contributed by atoms with Gasteiger partial charge in [0.05, 0.1) is 7.11 Å². The molecule has 2 aromatic carbocycles. The molecule has 0 aromatic heterocycles. The van der Waals surface area contributed by atoms with E-state index >= 15 is 0 Å². The molecule has 0 amide bonds. The molecule has 0 atom stereocenters. The lowest BCUT2D eigenvalue weighted by atomic mass is 10.1. The van der Waals surface area contributed by atoms with Crippen molar-refractivity contribution in [1.29, 1.82) is 0 Å². The number of ketones is 1. The average Bonchev–Trinajstić information content (AvgIpc) is 2.68. The summed E-state index contributed by atoms with van der Waals surface area (Å²) < 4.78 is 17.6. The fourth-order valence-electron chi connectivity index (χ4n) is 2.53. The van der Waals surface area contributed by atoms with E-state index in [4.69, 9.17) is 4.74 Å². The number of rotatable bonds is 5. The van der Waals surface area contributed by atoms with Crippen molar-refractivity contribution in [3.8, 4) is 5.75 Å². The zero-order valence-corrected chi connectivity index (χ0v) is 14.6. The predicted molar refractivity (Wildman–Crippen MR) is 97.7 cm³/mol. The van der Waals surface area contributed by atoms with Gasteiger partial charge in [-0.25, -0.2) is 4.39 Å². The molecule has 3 rings (SSSR count). The van der Waals surface area contributed by atoms with E-state index < -0.39 is 0 Å². The zero-order chi connectivity index (χ0) is 17.9. The fraction of sp³-hybridized carbons (Fsp3) is 0.350. The molecule has 0 aliphatic carbocycles. The number of hydrogen-bond donors (Lipinski definition) is 1. The Labute approximate surface area is 148 Å². The molecular weight excluding hydrogens is 319 g/mol. The van der Waals surface area contributed by atoms with Gasteiger partial charge in [-0.3, -0.25) is 4.79 Å². The molecule has 2 aromatic rings. The number of Topliss-reactive ketones (excluding diaryl/α,β-unsaturated/α-hetero) is 1. The maximum Gasteiger partial charge on any atom is 0.164 e. The van der Waals surface area contributed by atoms with Crippen LogP contribution in [0, 0.1) is 5.82 Å². The van der Waals surface area contributed by atoms with Crippen molar-refractivity contribution >= 4 is 5.78 Å². The van der Waals surface area contributed by atoms with Gasteiger partial charge in [-0.05, 0) is 36.4 Å². The quantitative estimate of drug-likeness (QED) is 0.847. The first kappa shape index (κ1) is 19.1. The minimum absolute atomic E-state index is 0.0866. The highest BCUT2D eigenvalue weighted by molar-refractivity contribution is 5.96. The number of methoxy groups -OCH3 is 1. The van der Waals surface area contributed by atoms with Gasteiger partial charge in [0.25, 0.3) is 0 Å². The number of nitrogens with zero attached hydrogens (tertiary/aromatic N) is 1. The van der Waals surface area contributed by atoms with Gasteiger partial charge in [0, 0.05) is 44.7 Å². The largest absolute Gasteiger partial charge is 0.497 e. The monoisotopic (exact) mass is 344 g/mol. The molecular formula is C20H25FN2O2. The SMILES string of the molecule is COc1ccccc1.O=C(CCN1CCNCC1)c1ccc(F)cc1. The molecule has 1 heterocycles. The maximum atomic E-state index is 12.7. The molecule has 4 nitrogen and oxygen atoms in total. The molecule has 134 valence electrons. The van der Waals surface area contributed by atoms with Gasteiger partial charge in [-0.1, -0.05) is 18.2 Å². The highest BCUT2D eigenvalue weighted by atomic mass is 19.1. The number of halogens is 1. The van der Waals surface area contributed by atoms with Crippen LogP contribution < -0.4 is 10.1 Å². The molecule has 1 N–H and O–H groups in total. The van der Waals surface area contributed by atoms with Gasteiger partial charge < -0.3 is 15.0 Å². The van der Waals surface area contributed by atoms with Crippen LogP contribution in [0.25, 0.3) is 0 Å². The Morgan fingerprint density at radius 2 is 1.72 bits per heavy atom. The number of benzene rings is 2. The normalized spacial score (nSPS) is 14.3. The second-order valence-corrected chi connectivity index (χ2v) is 5.79. The molecule has 0 unspecified atom stereocenters. The Morgan fingerprint density at radius 3 is 2.28 bits per heavy atom. The lowest BCUT2D eigenvalue weighted by molar-refractivity contribution is 0.0960. The van der Waals surface area contributed by atoms with Crippen LogP contribution in [0.3, 0.4) is 0 Å². The molecule has 1 saturated heterocycles. The Bertz CT molecular complexity index is 626. The van der Waals surface area contributed by atoms with Crippen molar-refractivity contribution < 1.29 is 13.9 Å². The Morgan fingerprint density at radius 1 is 1.08 bits per heavy atom. The summed E-state index contributed by atoms with van der Waals surface area (Å²) >= 11 is 0. The number of ether oxygens (including phenoxy) is 1. The lowest BCUT2D eigenvalue weighted by Crippen LogP contribution is -2.44. The molecule has 1 aliphatic rings. The van der Waals surface area contributed by atoms with Crippen molar-refractivity contribution in [2.45, 2.75) is 6.42 Å². The Hall–Kier alpha value is -2.24. The summed E-state index contributed by atoms with van der Waals surface area (Å²) in [7, 11) is 1.66. The van der Waals surface area contributed by atoms with E-state index in [9.17, 15) is 9.18 Å². The van der Waals surface area contributed by atoms with Crippen molar-refractivity contribution in [1.82, 2.24) is 10.2 Å². The van der Waals surface area contributed by atoms with Gasteiger partial charge in [-0.15, -0.1) is 0 Å². The first-order valence-corrected chi connectivity index (χ1v) is 8.50. The zero-order valence-electron chi connectivity index (χ0n) is 14.6. The number of carbonyl (C=O) groups excluding carboxylic acids is 1. The van der Waals surface area contributed by atoms with E-state index in [1.807, 2.05) is 30.3 Å². The van der Waals surface area contributed by atoms with E-state index in [2.05, 4.69) is 10.2 Å². The van der Waals surface area contributed by atoms with Gasteiger partial charge >= 0.3 is 0 Å². The number of hydrogen-bond acceptors (Lipinski definition) is 4. The van der Waals surface area contributed by atoms with E-state index in [0.29, 0.717) is 12.0 Å². The van der Waals surface area contributed by atoms with Gasteiger partial charge in [0.1, 0.15) is 11.6 Å². The Kier molecular flexibility index (Phi) is 8.09. The lowest BCUT2D eigenvalue weighted by Gasteiger charge is -2.26. The highest BCUT2D eigenvalue weighted by Gasteiger charge is 2.12. The van der Waals surface area contributed by atoms with Gasteiger partial charge in [-0.2, -0.15) is 0 Å². The summed E-state index contributed by atoms with van der Waals surface area (Å²) in [6.45, 7) is 4.76. The van der Waals surface area contributed by atoms with Crippen molar-refractivity contribution in [2.75, 3.05) is 39.8 Å². The average molecular weight is 344 g/mol. The van der Waals surface area contributed by atoms with Crippen LogP contribution in [0.15, 0.2) is 54.6 Å². The molecule has 1 fully saturated rings. The van der Waals surface area contributed by atoms with Crippen LogP contribution in [0.2, 0.25) is 0 Å². The van der Waals surface area contributed by atoms with Crippen LogP contribution in [-0.2, 0) is 0 Å². The molecule has 0 bridgehead atoms. The van der Waals surface area contributed by atoms with Crippen LogP contribution in [-0.4, -0.2) is 50.5 Å². The molecule has 0 radical (unpaired) electrons.